The number of ether oxygens (including phenoxy) is 1. The molecule has 0 N–H and O–H groups in total. The second kappa shape index (κ2) is 9.79. The third-order valence-electron chi connectivity index (χ3n) is 4.93. The first-order valence-electron chi connectivity index (χ1n) is 10.5. The van der Waals surface area contributed by atoms with Crippen molar-refractivity contribution in [1.29, 1.82) is 0 Å². The Bertz CT molecular complexity index is 1110. The lowest BCUT2D eigenvalue weighted by Crippen LogP contribution is -2.35. The zero-order chi connectivity index (χ0) is 24.2. The van der Waals surface area contributed by atoms with E-state index in [-0.39, 0.29) is 11.4 Å². The number of carbonyl (C=O) groups excluding carboxylic acids is 1. The van der Waals surface area contributed by atoms with Gasteiger partial charge in [-0.3, -0.25) is 0 Å². The van der Waals surface area contributed by atoms with Crippen LogP contribution in [0.3, 0.4) is 0 Å². The van der Waals surface area contributed by atoms with E-state index >= 15 is 0 Å². The Morgan fingerprint density at radius 3 is 2.39 bits per heavy atom. The highest BCUT2D eigenvalue weighted by molar-refractivity contribution is 7.18. The molecular weight excluding hydrogens is 440 g/mol. The maximum absolute atomic E-state index is 13.6. The summed E-state index contributed by atoms with van der Waals surface area (Å²) in [5.41, 5.74) is 0.896. The minimum atomic E-state index is -1.82. The molecule has 0 aliphatic carbocycles. The number of hydrogen-bond acceptors (Lipinski definition) is 4. The highest BCUT2D eigenvalue weighted by atomic mass is 31.0. The van der Waals surface area contributed by atoms with Crippen LogP contribution in [0.1, 0.15) is 26.3 Å². The van der Waals surface area contributed by atoms with E-state index in [1.807, 2.05) is 33.5 Å². The fraction of sp³-hybridized carbons (Fsp3) is 0.333. The van der Waals surface area contributed by atoms with Crippen LogP contribution in [0.15, 0.2) is 59.9 Å². The average Bonchev–Trinajstić information content (AvgIpc) is 3.22. The van der Waals surface area contributed by atoms with E-state index in [1.54, 1.807) is 47.2 Å². The molecule has 0 aliphatic heterocycles. The summed E-state index contributed by atoms with van der Waals surface area (Å²) in [7, 11) is 3.73. The molecule has 174 valence electrons. The first-order chi connectivity index (χ1) is 15.5. The molecule has 0 saturated carbocycles. The van der Waals surface area contributed by atoms with E-state index < -0.39 is 5.60 Å². The van der Waals surface area contributed by atoms with E-state index in [1.165, 1.54) is 6.92 Å². The molecule has 0 bridgehead atoms. The number of alkyl halides is 1. The standard InChI is InChI=1S/C24H29FN5O2P/c1-23(2,15-29(5)22(31)26-4)14-17-6-8-18(9-7-17)21-27-16-30(28-21)19-10-12-20(13-11-19)32-24(3,25)33/h6-13,16H,4,14-15,33H2,1-3,5H3. The lowest BCUT2D eigenvalue weighted by atomic mass is 9.85. The van der Waals surface area contributed by atoms with Crippen LogP contribution in [0.2, 0.25) is 0 Å². The number of amides is 2. The van der Waals surface area contributed by atoms with Gasteiger partial charge in [0, 0.05) is 26.1 Å². The van der Waals surface area contributed by atoms with Gasteiger partial charge < -0.3 is 9.64 Å². The fourth-order valence-corrected chi connectivity index (χ4v) is 3.76. The molecule has 2 amide bonds. The van der Waals surface area contributed by atoms with E-state index in [0.717, 1.165) is 23.2 Å². The van der Waals surface area contributed by atoms with Crippen LogP contribution in [-0.4, -0.2) is 51.6 Å². The predicted octanol–water partition coefficient (Wildman–Crippen LogP) is 5.15. The normalized spacial score (nSPS) is 13.3. The molecule has 0 radical (unpaired) electrons. The minimum Gasteiger partial charge on any atom is -0.455 e. The van der Waals surface area contributed by atoms with Crippen molar-refractivity contribution in [3.05, 3.63) is 60.4 Å². The molecule has 3 aromatic rings. The molecule has 7 nitrogen and oxygen atoms in total. The Morgan fingerprint density at radius 1 is 1.18 bits per heavy atom. The number of halogens is 1. The lowest BCUT2D eigenvalue weighted by Gasteiger charge is -2.29. The van der Waals surface area contributed by atoms with E-state index in [4.69, 9.17) is 4.74 Å². The lowest BCUT2D eigenvalue weighted by molar-refractivity contribution is 0.0473. The Labute approximate surface area is 195 Å². The van der Waals surface area contributed by atoms with Crippen molar-refractivity contribution >= 4 is 22.0 Å². The number of hydrogen-bond donors (Lipinski definition) is 0. The quantitative estimate of drug-likeness (QED) is 0.338. The molecule has 2 unspecified atom stereocenters. The van der Waals surface area contributed by atoms with Crippen molar-refractivity contribution in [2.45, 2.75) is 32.8 Å². The van der Waals surface area contributed by atoms with Gasteiger partial charge in [-0.25, -0.2) is 19.5 Å². The highest BCUT2D eigenvalue weighted by Gasteiger charge is 2.23. The van der Waals surface area contributed by atoms with Crippen molar-refractivity contribution in [2.75, 3.05) is 13.6 Å². The summed E-state index contributed by atoms with van der Waals surface area (Å²) >= 11 is 0. The zero-order valence-electron chi connectivity index (χ0n) is 19.3. The van der Waals surface area contributed by atoms with Gasteiger partial charge in [-0.15, -0.1) is 5.10 Å². The number of carbonyl (C=O) groups is 1. The molecular formula is C24H29FN5O2P. The predicted molar refractivity (Wildman–Crippen MR) is 132 cm³/mol. The van der Waals surface area contributed by atoms with Crippen LogP contribution in [0.5, 0.6) is 5.75 Å². The van der Waals surface area contributed by atoms with Crippen molar-refractivity contribution in [1.82, 2.24) is 19.7 Å². The highest BCUT2D eigenvalue weighted by Crippen LogP contribution is 2.27. The molecule has 1 heterocycles. The van der Waals surface area contributed by atoms with Crippen LogP contribution in [0.4, 0.5) is 9.18 Å². The number of aromatic nitrogens is 3. The summed E-state index contributed by atoms with van der Waals surface area (Å²) in [5.74, 6) is 1.03. The van der Waals surface area contributed by atoms with Crippen molar-refractivity contribution < 1.29 is 13.9 Å². The number of nitrogens with zero attached hydrogens (tertiary/aromatic N) is 5. The zero-order valence-corrected chi connectivity index (χ0v) is 20.5. The SMILES string of the molecule is C=NC(=O)N(C)CC(C)(C)Cc1ccc(-c2ncn(-c3ccc(OC(C)(F)P)cc3)n2)cc1. The molecule has 0 spiro atoms. The Morgan fingerprint density at radius 2 is 1.82 bits per heavy atom. The number of aliphatic imine (C=N–C) groups is 1. The van der Waals surface area contributed by atoms with Gasteiger partial charge in [0.25, 0.3) is 5.60 Å². The average molecular weight is 470 g/mol. The molecule has 1 aromatic heterocycles. The van der Waals surface area contributed by atoms with E-state index in [2.05, 4.69) is 35.6 Å². The van der Waals surface area contributed by atoms with Gasteiger partial charge in [-0.1, -0.05) is 47.4 Å². The first kappa shape index (κ1) is 24.5. The third-order valence-corrected chi connectivity index (χ3v) is 5.05. The summed E-state index contributed by atoms with van der Waals surface area (Å²) in [6, 6.07) is 14.7. The van der Waals surface area contributed by atoms with E-state index in [9.17, 15) is 9.18 Å². The van der Waals surface area contributed by atoms with Gasteiger partial charge in [0.15, 0.2) is 5.82 Å². The molecule has 33 heavy (non-hydrogen) atoms. The van der Waals surface area contributed by atoms with E-state index in [0.29, 0.717) is 18.1 Å². The fourth-order valence-electron chi connectivity index (χ4n) is 3.63. The van der Waals surface area contributed by atoms with Crippen molar-refractivity contribution in [2.24, 2.45) is 10.4 Å². The Balaban J connectivity index is 1.67. The monoisotopic (exact) mass is 469 g/mol. The summed E-state index contributed by atoms with van der Waals surface area (Å²) in [4.78, 5) is 21.1. The summed E-state index contributed by atoms with van der Waals surface area (Å²) in [5, 5.41) is 4.55. The minimum absolute atomic E-state index is 0.123. The molecule has 2 atom stereocenters. The molecule has 0 saturated heterocycles. The van der Waals surface area contributed by atoms with Gasteiger partial charge in [-0.2, -0.15) is 4.39 Å². The van der Waals surface area contributed by atoms with Gasteiger partial charge in [-0.05, 0) is 48.4 Å². The summed E-state index contributed by atoms with van der Waals surface area (Å²) < 4.78 is 20.4. The van der Waals surface area contributed by atoms with Crippen molar-refractivity contribution in [3.8, 4) is 22.8 Å². The molecule has 0 aliphatic rings. The second-order valence-electron chi connectivity index (χ2n) is 8.93. The maximum atomic E-state index is 13.6. The number of rotatable bonds is 8. The topological polar surface area (TPSA) is 72.6 Å². The van der Waals surface area contributed by atoms with Gasteiger partial charge in [0.2, 0.25) is 0 Å². The van der Waals surface area contributed by atoms with Gasteiger partial charge >= 0.3 is 6.03 Å². The molecule has 9 heteroatoms. The maximum Gasteiger partial charge on any atom is 0.342 e. The van der Waals surface area contributed by atoms with Crippen LogP contribution in [-0.2, 0) is 6.42 Å². The van der Waals surface area contributed by atoms with Gasteiger partial charge in [0.1, 0.15) is 12.1 Å². The van der Waals surface area contributed by atoms with Crippen LogP contribution < -0.4 is 4.74 Å². The summed E-state index contributed by atoms with van der Waals surface area (Å²) in [6.45, 7) is 9.41. The number of urea groups is 1. The Hall–Kier alpha value is -3.12. The molecule has 0 fully saturated rings. The van der Waals surface area contributed by atoms with Gasteiger partial charge in [0.05, 0.1) is 5.69 Å². The molecule has 2 aromatic carbocycles. The largest absolute Gasteiger partial charge is 0.455 e. The third kappa shape index (κ3) is 6.93. The van der Waals surface area contributed by atoms with Crippen LogP contribution >= 0.6 is 9.24 Å². The van der Waals surface area contributed by atoms with Crippen LogP contribution in [0.25, 0.3) is 17.1 Å². The van der Waals surface area contributed by atoms with Crippen molar-refractivity contribution in [3.63, 3.8) is 0 Å². The number of benzene rings is 2. The second-order valence-corrected chi connectivity index (χ2v) is 9.96. The van der Waals surface area contributed by atoms with Crippen LogP contribution in [0, 0.1) is 5.41 Å². The Kier molecular flexibility index (Phi) is 7.28. The smallest absolute Gasteiger partial charge is 0.342 e. The first-order valence-corrected chi connectivity index (χ1v) is 11.0. The molecule has 3 rings (SSSR count). The summed E-state index contributed by atoms with van der Waals surface area (Å²) in [6.07, 6.45) is 2.43.